The third-order valence-corrected chi connectivity index (χ3v) is 12.8. The lowest BCUT2D eigenvalue weighted by atomic mass is 9.73. The zero-order chi connectivity index (χ0) is 35.7. The Kier molecular flexibility index (Phi) is 5.96. The minimum absolute atomic E-state index is 0.330. The SMILES string of the molecule is CC1(C)c2ccccc2Oc2c1c1ccccc1c1c3ccccc3n(-c3nc(-c4ccc5sc6ccccc6c5c4)c4ccc5ccccc5c4n3)c21. The van der Waals surface area contributed by atoms with Gasteiger partial charge in [-0.25, -0.2) is 9.97 Å². The Morgan fingerprint density at radius 2 is 1.28 bits per heavy atom. The first-order valence-corrected chi connectivity index (χ1v) is 19.2. The Labute approximate surface area is 314 Å². The summed E-state index contributed by atoms with van der Waals surface area (Å²) in [5.41, 5.74) is 6.94. The minimum Gasteiger partial charge on any atom is -0.454 e. The summed E-state index contributed by atoms with van der Waals surface area (Å²) < 4.78 is 11.9. The van der Waals surface area contributed by atoms with Crippen LogP contribution in [0.4, 0.5) is 0 Å². The third-order valence-electron chi connectivity index (χ3n) is 11.6. The van der Waals surface area contributed by atoms with Crippen molar-refractivity contribution >= 4 is 85.8 Å². The van der Waals surface area contributed by atoms with Crippen LogP contribution >= 0.6 is 11.3 Å². The fourth-order valence-corrected chi connectivity index (χ4v) is 10.3. The maximum absolute atomic E-state index is 7.10. The van der Waals surface area contributed by atoms with Gasteiger partial charge >= 0.3 is 0 Å². The predicted octanol–water partition coefficient (Wildman–Crippen LogP) is 13.5. The molecule has 0 aliphatic carbocycles. The van der Waals surface area contributed by atoms with Crippen molar-refractivity contribution in [3.8, 4) is 28.7 Å². The molecule has 0 radical (unpaired) electrons. The molecule has 0 N–H and O–H groups in total. The Morgan fingerprint density at radius 3 is 2.17 bits per heavy atom. The summed E-state index contributed by atoms with van der Waals surface area (Å²) in [6.07, 6.45) is 0. The van der Waals surface area contributed by atoms with Crippen molar-refractivity contribution in [1.29, 1.82) is 0 Å². The van der Waals surface area contributed by atoms with E-state index in [2.05, 4.69) is 170 Å². The number of hydrogen-bond acceptors (Lipinski definition) is 4. The van der Waals surface area contributed by atoms with Crippen molar-refractivity contribution in [2.45, 2.75) is 19.3 Å². The average molecular weight is 710 g/mol. The molecule has 1 aliphatic rings. The molecule has 8 aromatic carbocycles. The molecular formula is C49H31N3OS. The molecule has 1 aliphatic heterocycles. The van der Waals surface area contributed by atoms with Gasteiger partial charge in [-0.2, -0.15) is 0 Å². The summed E-state index contributed by atoms with van der Waals surface area (Å²) in [6.45, 7) is 4.64. The molecule has 254 valence electrons. The summed E-state index contributed by atoms with van der Waals surface area (Å²) in [5.74, 6) is 2.36. The quantitative estimate of drug-likeness (QED) is 0.168. The van der Waals surface area contributed by atoms with Crippen LogP contribution in [0.15, 0.2) is 152 Å². The molecule has 0 saturated carbocycles. The molecule has 12 rings (SSSR count). The molecule has 0 spiro atoms. The number of rotatable bonds is 2. The maximum Gasteiger partial charge on any atom is 0.235 e. The van der Waals surface area contributed by atoms with Crippen molar-refractivity contribution in [3.63, 3.8) is 0 Å². The van der Waals surface area contributed by atoms with Crippen molar-refractivity contribution in [3.05, 3.63) is 163 Å². The van der Waals surface area contributed by atoms with E-state index in [4.69, 9.17) is 14.7 Å². The van der Waals surface area contributed by atoms with Gasteiger partial charge in [0.05, 0.1) is 16.7 Å². The molecule has 54 heavy (non-hydrogen) atoms. The molecule has 11 aromatic rings. The van der Waals surface area contributed by atoms with E-state index in [0.29, 0.717) is 5.95 Å². The Balaban J connectivity index is 1.26. The first kappa shape index (κ1) is 30.0. The fraction of sp³-hybridized carbons (Fsp3) is 0.0612. The second-order valence-electron chi connectivity index (χ2n) is 14.9. The van der Waals surface area contributed by atoms with E-state index in [-0.39, 0.29) is 5.41 Å². The van der Waals surface area contributed by atoms with E-state index in [0.717, 1.165) is 66.2 Å². The molecule has 0 fully saturated rings. The molecule has 0 saturated heterocycles. The van der Waals surface area contributed by atoms with Crippen LogP contribution in [-0.2, 0) is 5.41 Å². The lowest BCUT2D eigenvalue weighted by Crippen LogP contribution is -2.25. The minimum atomic E-state index is -0.330. The Morgan fingerprint density at radius 1 is 0.574 bits per heavy atom. The lowest BCUT2D eigenvalue weighted by Gasteiger charge is -2.36. The topological polar surface area (TPSA) is 39.9 Å². The number of aromatic nitrogens is 3. The van der Waals surface area contributed by atoms with Gasteiger partial charge in [-0.1, -0.05) is 129 Å². The van der Waals surface area contributed by atoms with Crippen LogP contribution in [0.3, 0.4) is 0 Å². The van der Waals surface area contributed by atoms with Gasteiger partial charge in [-0.3, -0.25) is 4.57 Å². The summed E-state index contributed by atoms with van der Waals surface area (Å²) in [4.78, 5) is 11.1. The van der Waals surface area contributed by atoms with Crippen molar-refractivity contribution in [1.82, 2.24) is 14.5 Å². The molecule has 0 atom stereocenters. The largest absolute Gasteiger partial charge is 0.454 e. The molecule has 0 amide bonds. The maximum atomic E-state index is 7.10. The first-order valence-electron chi connectivity index (χ1n) is 18.4. The number of nitrogens with zero attached hydrogens (tertiary/aromatic N) is 3. The molecule has 0 unspecified atom stereocenters. The van der Waals surface area contributed by atoms with Crippen molar-refractivity contribution < 1.29 is 4.74 Å². The molecular weight excluding hydrogens is 679 g/mol. The van der Waals surface area contributed by atoms with Gasteiger partial charge in [-0.15, -0.1) is 11.3 Å². The molecule has 4 nitrogen and oxygen atoms in total. The number of thiophene rings is 1. The van der Waals surface area contributed by atoms with Crippen LogP contribution in [0.2, 0.25) is 0 Å². The van der Waals surface area contributed by atoms with Crippen LogP contribution in [-0.4, -0.2) is 14.5 Å². The Hall–Kier alpha value is -6.56. The van der Waals surface area contributed by atoms with Crippen LogP contribution in [0.5, 0.6) is 11.5 Å². The summed E-state index contributed by atoms with van der Waals surface area (Å²) in [6, 6.07) is 54.3. The Bertz CT molecular complexity index is 3410. The summed E-state index contributed by atoms with van der Waals surface area (Å²) in [7, 11) is 0. The van der Waals surface area contributed by atoms with E-state index in [1.807, 2.05) is 11.3 Å². The standard InChI is InChI=1S/C49H31N3OS/c1-49(2)37-19-9-11-21-39(37)53-47-43(49)33-17-6-5-16-32(33)42-34-18-7-10-20-38(34)52(46(42)47)48-50-44(35-25-23-28-13-3-4-14-30(28)45(35)51-48)29-24-26-41-36(27-29)31-15-8-12-22-40(31)54-41/h3-27H,1-2H3. The van der Waals surface area contributed by atoms with Crippen LogP contribution in [0, 0.1) is 0 Å². The molecule has 4 heterocycles. The van der Waals surface area contributed by atoms with Gasteiger partial charge < -0.3 is 4.74 Å². The highest BCUT2D eigenvalue weighted by molar-refractivity contribution is 7.25. The van der Waals surface area contributed by atoms with E-state index in [1.165, 1.54) is 42.1 Å². The fourth-order valence-electron chi connectivity index (χ4n) is 9.18. The van der Waals surface area contributed by atoms with Gasteiger partial charge in [0.15, 0.2) is 5.75 Å². The van der Waals surface area contributed by atoms with E-state index < -0.39 is 0 Å². The van der Waals surface area contributed by atoms with Gasteiger partial charge in [0.2, 0.25) is 5.95 Å². The zero-order valence-electron chi connectivity index (χ0n) is 29.6. The number of hydrogen-bond donors (Lipinski definition) is 0. The number of benzene rings is 8. The van der Waals surface area contributed by atoms with Crippen molar-refractivity contribution in [2.24, 2.45) is 0 Å². The van der Waals surface area contributed by atoms with Crippen molar-refractivity contribution in [2.75, 3.05) is 0 Å². The lowest BCUT2D eigenvalue weighted by molar-refractivity contribution is 0.424. The van der Waals surface area contributed by atoms with E-state index in [9.17, 15) is 0 Å². The van der Waals surface area contributed by atoms with Gasteiger partial charge in [-0.05, 0) is 52.6 Å². The number of para-hydroxylation sites is 2. The number of fused-ring (bicyclic) bond motifs is 15. The molecule has 3 aromatic heterocycles. The smallest absolute Gasteiger partial charge is 0.235 e. The number of ether oxygens (including phenoxy) is 1. The van der Waals surface area contributed by atoms with Gasteiger partial charge in [0.25, 0.3) is 0 Å². The van der Waals surface area contributed by atoms with E-state index in [1.54, 1.807) is 0 Å². The molecule has 5 heteroatoms. The van der Waals surface area contributed by atoms with Gasteiger partial charge in [0.1, 0.15) is 11.3 Å². The second kappa shape index (κ2) is 10.8. The monoisotopic (exact) mass is 709 g/mol. The summed E-state index contributed by atoms with van der Waals surface area (Å²) >= 11 is 1.83. The average Bonchev–Trinajstić information content (AvgIpc) is 3.76. The highest BCUT2D eigenvalue weighted by Gasteiger charge is 2.39. The third kappa shape index (κ3) is 3.97. The van der Waals surface area contributed by atoms with Crippen LogP contribution < -0.4 is 4.74 Å². The second-order valence-corrected chi connectivity index (χ2v) is 16.0. The van der Waals surface area contributed by atoms with Crippen LogP contribution in [0.1, 0.15) is 25.0 Å². The predicted molar refractivity (Wildman–Crippen MR) is 226 cm³/mol. The van der Waals surface area contributed by atoms with Crippen LogP contribution in [0.25, 0.3) is 91.6 Å². The molecule has 0 bridgehead atoms. The highest BCUT2D eigenvalue weighted by Crippen LogP contribution is 2.55. The summed E-state index contributed by atoms with van der Waals surface area (Å²) in [5, 5.41) is 10.5. The zero-order valence-corrected chi connectivity index (χ0v) is 30.4. The van der Waals surface area contributed by atoms with Gasteiger partial charge in [0, 0.05) is 63.8 Å². The highest BCUT2D eigenvalue weighted by atomic mass is 32.1. The normalized spacial score (nSPS) is 13.7. The van der Waals surface area contributed by atoms with E-state index >= 15 is 0 Å². The first-order chi connectivity index (χ1) is 26.5.